The number of nitrogens with zero attached hydrogens (tertiary/aromatic N) is 1. The van der Waals surface area contributed by atoms with Gasteiger partial charge in [-0.05, 0) is 59.5 Å². The van der Waals surface area contributed by atoms with Gasteiger partial charge < -0.3 is 14.3 Å². The Bertz CT molecular complexity index is 1100. The molecule has 4 rings (SSSR count). The van der Waals surface area contributed by atoms with Gasteiger partial charge in [0.05, 0.1) is 6.61 Å². The van der Waals surface area contributed by atoms with E-state index in [1.165, 1.54) is 0 Å². The Morgan fingerprint density at radius 2 is 1.81 bits per heavy atom. The molecule has 1 N–H and O–H groups in total. The summed E-state index contributed by atoms with van der Waals surface area (Å²) in [6, 6.07) is 23.6. The Hall–Kier alpha value is -3.51. The van der Waals surface area contributed by atoms with E-state index < -0.39 is 5.54 Å². The van der Waals surface area contributed by atoms with Crippen molar-refractivity contribution in [1.29, 1.82) is 0 Å². The summed E-state index contributed by atoms with van der Waals surface area (Å²) in [7, 11) is 0. The highest BCUT2D eigenvalue weighted by Gasteiger charge is 2.41. The number of hydroxylamine groups is 1. The molecule has 3 aromatic carbocycles. The molecule has 0 aliphatic carbocycles. The SMILES string of the molecule is CCOc1ccc(C2(c3cccc(-c4cccc(Cl)c4)c3)COC(NOC=O)=N2)cc1. The third-order valence-electron chi connectivity index (χ3n) is 5.05. The summed E-state index contributed by atoms with van der Waals surface area (Å²) in [6.45, 7) is 3.05. The molecule has 1 aliphatic rings. The molecule has 3 aromatic rings. The molecule has 7 heteroatoms. The van der Waals surface area contributed by atoms with Crippen LogP contribution in [0.3, 0.4) is 0 Å². The van der Waals surface area contributed by atoms with Gasteiger partial charge in [0.2, 0.25) is 0 Å². The van der Waals surface area contributed by atoms with Crippen molar-refractivity contribution in [3.8, 4) is 16.9 Å². The lowest BCUT2D eigenvalue weighted by Crippen LogP contribution is -2.27. The number of hydrogen-bond acceptors (Lipinski definition) is 6. The molecule has 1 atom stereocenters. The number of aliphatic imine (C=N–C) groups is 1. The zero-order valence-electron chi connectivity index (χ0n) is 16.9. The lowest BCUT2D eigenvalue weighted by Gasteiger charge is -2.26. The van der Waals surface area contributed by atoms with Crippen LogP contribution in [0.5, 0.6) is 5.75 Å². The molecule has 1 aliphatic heterocycles. The number of hydrogen-bond donors (Lipinski definition) is 1. The lowest BCUT2D eigenvalue weighted by atomic mass is 9.83. The second-order valence-corrected chi connectivity index (χ2v) is 7.37. The predicted molar refractivity (Wildman–Crippen MR) is 119 cm³/mol. The van der Waals surface area contributed by atoms with Gasteiger partial charge in [-0.2, -0.15) is 5.48 Å². The molecule has 0 saturated heterocycles. The first-order chi connectivity index (χ1) is 15.1. The summed E-state index contributed by atoms with van der Waals surface area (Å²) >= 11 is 6.19. The van der Waals surface area contributed by atoms with Crippen LogP contribution in [0.1, 0.15) is 18.1 Å². The molecular weight excluding hydrogens is 416 g/mol. The highest BCUT2D eigenvalue weighted by Crippen LogP contribution is 2.40. The number of carbonyl (C=O) groups excluding carboxylic acids is 1. The predicted octanol–water partition coefficient (Wildman–Crippen LogP) is 4.71. The van der Waals surface area contributed by atoms with Gasteiger partial charge in [-0.15, -0.1) is 0 Å². The van der Waals surface area contributed by atoms with Gasteiger partial charge in [0.25, 0.3) is 0 Å². The van der Waals surface area contributed by atoms with Crippen LogP contribution in [-0.4, -0.2) is 25.7 Å². The van der Waals surface area contributed by atoms with E-state index in [1.807, 2.05) is 73.7 Å². The molecular formula is C24H21ClN2O4. The summed E-state index contributed by atoms with van der Waals surface area (Å²) in [5, 5.41) is 0.670. The standard InChI is InChI=1S/C24H21ClN2O4/c1-2-29-22-11-9-19(10-12-22)24(15-30-23(26-24)27-31-16-28)20-7-3-5-17(13-20)18-6-4-8-21(25)14-18/h3-14,16H,2,15H2,1H3,(H,26,27). The molecule has 0 spiro atoms. The molecule has 1 unspecified atom stereocenters. The number of ether oxygens (including phenoxy) is 2. The number of nitrogens with one attached hydrogen (secondary N) is 1. The summed E-state index contributed by atoms with van der Waals surface area (Å²) < 4.78 is 11.3. The van der Waals surface area contributed by atoms with E-state index in [4.69, 9.17) is 26.1 Å². The van der Waals surface area contributed by atoms with Crippen LogP contribution in [0.2, 0.25) is 5.02 Å². The van der Waals surface area contributed by atoms with Crippen molar-refractivity contribution in [2.75, 3.05) is 13.2 Å². The smallest absolute Gasteiger partial charge is 0.320 e. The van der Waals surface area contributed by atoms with Crippen molar-refractivity contribution in [2.45, 2.75) is 12.5 Å². The minimum absolute atomic E-state index is 0.133. The highest BCUT2D eigenvalue weighted by molar-refractivity contribution is 6.30. The molecule has 31 heavy (non-hydrogen) atoms. The number of amidine groups is 1. The van der Waals surface area contributed by atoms with Crippen LogP contribution in [0.25, 0.3) is 11.1 Å². The normalized spacial score (nSPS) is 17.4. The summed E-state index contributed by atoms with van der Waals surface area (Å²) in [6.07, 6.45) is 0. The van der Waals surface area contributed by atoms with E-state index in [0.717, 1.165) is 28.0 Å². The summed E-state index contributed by atoms with van der Waals surface area (Å²) in [4.78, 5) is 19.9. The average molecular weight is 437 g/mol. The molecule has 0 aromatic heterocycles. The van der Waals surface area contributed by atoms with Crippen LogP contribution >= 0.6 is 11.6 Å². The number of benzene rings is 3. The molecule has 0 saturated carbocycles. The zero-order valence-corrected chi connectivity index (χ0v) is 17.6. The van der Waals surface area contributed by atoms with E-state index in [9.17, 15) is 4.79 Å². The zero-order chi connectivity index (χ0) is 21.7. The topological polar surface area (TPSA) is 69.2 Å². The molecule has 0 radical (unpaired) electrons. The molecule has 0 fully saturated rings. The van der Waals surface area contributed by atoms with Crippen LogP contribution in [0, 0.1) is 0 Å². The van der Waals surface area contributed by atoms with E-state index in [0.29, 0.717) is 11.6 Å². The van der Waals surface area contributed by atoms with Crippen molar-refractivity contribution in [3.63, 3.8) is 0 Å². The lowest BCUT2D eigenvalue weighted by molar-refractivity contribution is -0.132. The Morgan fingerprint density at radius 1 is 1.06 bits per heavy atom. The number of carbonyl (C=O) groups is 1. The fraction of sp³-hybridized carbons (Fsp3) is 0.167. The Labute approximate surface area is 185 Å². The second-order valence-electron chi connectivity index (χ2n) is 6.93. The largest absolute Gasteiger partial charge is 0.494 e. The van der Waals surface area contributed by atoms with Gasteiger partial charge in [0.15, 0.2) is 5.54 Å². The maximum atomic E-state index is 10.6. The molecule has 1 heterocycles. The Morgan fingerprint density at radius 3 is 2.52 bits per heavy atom. The monoisotopic (exact) mass is 436 g/mol. The van der Waals surface area contributed by atoms with Crippen molar-refractivity contribution in [1.82, 2.24) is 5.48 Å². The van der Waals surface area contributed by atoms with Gasteiger partial charge in [0, 0.05) is 5.02 Å². The quantitative estimate of drug-likeness (QED) is 0.429. The van der Waals surface area contributed by atoms with E-state index in [1.54, 1.807) is 0 Å². The summed E-state index contributed by atoms with van der Waals surface area (Å²) in [5.74, 6) is 0.777. The van der Waals surface area contributed by atoms with Crippen LogP contribution < -0.4 is 10.2 Å². The fourth-order valence-corrected chi connectivity index (χ4v) is 3.81. The van der Waals surface area contributed by atoms with Crippen LogP contribution in [-0.2, 0) is 19.9 Å². The highest BCUT2D eigenvalue weighted by atomic mass is 35.5. The molecule has 0 bridgehead atoms. The van der Waals surface area contributed by atoms with Gasteiger partial charge in [-0.25, -0.2) is 4.99 Å². The second kappa shape index (κ2) is 9.10. The van der Waals surface area contributed by atoms with Crippen molar-refractivity contribution < 1.29 is 19.1 Å². The van der Waals surface area contributed by atoms with Gasteiger partial charge in [0.1, 0.15) is 12.4 Å². The minimum Gasteiger partial charge on any atom is -0.494 e. The Balaban J connectivity index is 1.79. The van der Waals surface area contributed by atoms with Crippen molar-refractivity contribution in [3.05, 3.63) is 88.9 Å². The third-order valence-corrected chi connectivity index (χ3v) is 5.28. The third kappa shape index (κ3) is 4.34. The Kier molecular flexibility index (Phi) is 6.09. The number of rotatable bonds is 7. The van der Waals surface area contributed by atoms with Gasteiger partial charge in [-0.1, -0.05) is 54.1 Å². The van der Waals surface area contributed by atoms with E-state index >= 15 is 0 Å². The number of halogens is 1. The summed E-state index contributed by atoms with van der Waals surface area (Å²) in [5.41, 5.74) is 5.46. The van der Waals surface area contributed by atoms with Gasteiger partial charge in [-0.3, -0.25) is 4.79 Å². The first-order valence-corrected chi connectivity index (χ1v) is 10.2. The van der Waals surface area contributed by atoms with Crippen LogP contribution in [0.15, 0.2) is 77.8 Å². The van der Waals surface area contributed by atoms with Gasteiger partial charge >= 0.3 is 12.5 Å². The molecule has 158 valence electrons. The maximum Gasteiger partial charge on any atom is 0.320 e. The van der Waals surface area contributed by atoms with E-state index in [2.05, 4.69) is 16.4 Å². The minimum atomic E-state index is -0.825. The maximum absolute atomic E-state index is 10.6. The van der Waals surface area contributed by atoms with E-state index in [-0.39, 0.29) is 19.1 Å². The first-order valence-electron chi connectivity index (χ1n) is 9.82. The van der Waals surface area contributed by atoms with Crippen molar-refractivity contribution >= 4 is 24.1 Å². The van der Waals surface area contributed by atoms with Crippen LogP contribution in [0.4, 0.5) is 0 Å². The first kappa shape index (κ1) is 20.8. The fourth-order valence-electron chi connectivity index (χ4n) is 3.62. The molecule has 6 nitrogen and oxygen atoms in total. The molecule has 0 amide bonds. The average Bonchev–Trinajstić information content (AvgIpc) is 3.24. The van der Waals surface area contributed by atoms with Crippen molar-refractivity contribution in [2.24, 2.45) is 4.99 Å².